The Bertz CT molecular complexity index is 1160. The maximum absolute atomic E-state index is 14.5. The number of nitrogens with one attached hydrogen (secondary N) is 2. The Balaban J connectivity index is 1.25. The normalized spacial score (nSPS) is 19.4. The summed E-state index contributed by atoms with van der Waals surface area (Å²) in [5.74, 6) is -6.14. The molecule has 0 unspecified atom stereocenters. The minimum absolute atomic E-state index is 0.0430. The van der Waals surface area contributed by atoms with Crippen LogP contribution in [0.25, 0.3) is 0 Å². The number of carbonyl (C=O) groups is 3. The highest BCUT2D eigenvalue weighted by atomic mass is 19.2. The smallest absolute Gasteiger partial charge is 0.306 e. The largest absolute Gasteiger partial charge is 0.487 e. The van der Waals surface area contributed by atoms with Gasteiger partial charge in [0.1, 0.15) is 5.82 Å². The summed E-state index contributed by atoms with van der Waals surface area (Å²) in [4.78, 5) is 35.6. The summed E-state index contributed by atoms with van der Waals surface area (Å²) in [6.45, 7) is -0.128. The van der Waals surface area contributed by atoms with Crippen molar-refractivity contribution in [1.29, 1.82) is 0 Å². The lowest BCUT2D eigenvalue weighted by Crippen LogP contribution is -2.35. The predicted octanol–water partition coefficient (Wildman–Crippen LogP) is 4.16. The summed E-state index contributed by atoms with van der Waals surface area (Å²) < 4.78 is 48.8. The molecular formula is C26H27F3N2O5. The van der Waals surface area contributed by atoms with Crippen LogP contribution < -0.4 is 15.4 Å². The highest BCUT2D eigenvalue weighted by Crippen LogP contribution is 2.40. The Morgan fingerprint density at radius 2 is 1.44 bits per heavy atom. The number of hydrogen-bond acceptors (Lipinski definition) is 4. The van der Waals surface area contributed by atoms with Crippen LogP contribution in [-0.2, 0) is 4.79 Å². The molecule has 0 atom stereocenters. The second-order valence-electron chi connectivity index (χ2n) is 9.19. The average molecular weight is 505 g/mol. The van der Waals surface area contributed by atoms with Crippen molar-refractivity contribution < 1.29 is 37.4 Å². The van der Waals surface area contributed by atoms with E-state index in [0.29, 0.717) is 31.6 Å². The number of benzene rings is 2. The number of rotatable bonds is 9. The number of ether oxygens (including phenoxy) is 1. The van der Waals surface area contributed by atoms with E-state index in [1.54, 1.807) is 6.07 Å². The molecule has 10 heteroatoms. The summed E-state index contributed by atoms with van der Waals surface area (Å²) in [7, 11) is 0. The fraction of sp³-hybridized carbons (Fsp3) is 0.423. The Labute approximate surface area is 206 Å². The molecule has 3 N–H and O–H groups in total. The van der Waals surface area contributed by atoms with Gasteiger partial charge in [-0.2, -0.15) is 4.39 Å². The van der Waals surface area contributed by atoms with Crippen LogP contribution in [0.2, 0.25) is 0 Å². The van der Waals surface area contributed by atoms with Gasteiger partial charge >= 0.3 is 5.97 Å². The summed E-state index contributed by atoms with van der Waals surface area (Å²) >= 11 is 0. The van der Waals surface area contributed by atoms with Gasteiger partial charge < -0.3 is 20.5 Å². The summed E-state index contributed by atoms with van der Waals surface area (Å²) in [6, 6.07) is 6.77. The molecule has 2 saturated carbocycles. The van der Waals surface area contributed by atoms with E-state index in [9.17, 15) is 27.6 Å². The third kappa shape index (κ3) is 5.98. The first kappa shape index (κ1) is 25.5. The molecule has 2 aromatic rings. The van der Waals surface area contributed by atoms with E-state index in [1.807, 2.05) is 0 Å². The van der Waals surface area contributed by atoms with Crippen LogP contribution in [0.1, 0.15) is 70.7 Å². The van der Waals surface area contributed by atoms with Crippen molar-refractivity contribution >= 4 is 17.8 Å². The zero-order valence-electron chi connectivity index (χ0n) is 19.5. The van der Waals surface area contributed by atoms with Crippen molar-refractivity contribution in [3.8, 4) is 5.75 Å². The van der Waals surface area contributed by atoms with Crippen LogP contribution in [0, 0.1) is 23.4 Å². The van der Waals surface area contributed by atoms with Crippen LogP contribution in [-0.4, -0.2) is 42.1 Å². The third-order valence-corrected chi connectivity index (χ3v) is 6.59. The third-order valence-electron chi connectivity index (χ3n) is 6.59. The molecule has 2 aromatic carbocycles. The topological polar surface area (TPSA) is 105 Å². The molecule has 2 fully saturated rings. The molecule has 0 saturated heterocycles. The molecule has 0 heterocycles. The molecule has 2 amide bonds. The molecule has 0 bridgehead atoms. The van der Waals surface area contributed by atoms with Crippen LogP contribution in [0.15, 0.2) is 30.3 Å². The summed E-state index contributed by atoms with van der Waals surface area (Å²) in [5.41, 5.74) is 0.237. The summed E-state index contributed by atoms with van der Waals surface area (Å²) in [5, 5.41) is 13.9. The van der Waals surface area contributed by atoms with Crippen molar-refractivity contribution in [2.75, 3.05) is 13.1 Å². The van der Waals surface area contributed by atoms with Gasteiger partial charge in [-0.3, -0.25) is 14.4 Å². The first-order chi connectivity index (χ1) is 17.2. The monoisotopic (exact) mass is 504 g/mol. The molecule has 2 aliphatic carbocycles. The predicted molar refractivity (Wildman–Crippen MR) is 123 cm³/mol. The van der Waals surface area contributed by atoms with Gasteiger partial charge in [-0.1, -0.05) is 6.07 Å². The van der Waals surface area contributed by atoms with E-state index in [1.165, 1.54) is 12.1 Å². The fourth-order valence-electron chi connectivity index (χ4n) is 4.33. The lowest BCUT2D eigenvalue weighted by molar-refractivity contribution is -0.143. The SMILES string of the molecule is O=C(NCCNC(=O)c1ccc(OC2CCC(C(=O)O)CC2)c(F)c1F)c1ccc(C2CC2)cc1F. The maximum atomic E-state index is 14.5. The first-order valence-corrected chi connectivity index (χ1v) is 12.0. The highest BCUT2D eigenvalue weighted by Gasteiger charge is 2.29. The first-order valence-electron chi connectivity index (χ1n) is 12.0. The van der Waals surface area contributed by atoms with Crippen molar-refractivity contribution in [2.24, 2.45) is 5.92 Å². The molecule has 7 nitrogen and oxygen atoms in total. The molecular weight excluding hydrogens is 477 g/mol. The van der Waals surface area contributed by atoms with Crippen LogP contribution >= 0.6 is 0 Å². The van der Waals surface area contributed by atoms with Crippen molar-refractivity contribution in [3.05, 3.63) is 64.5 Å². The molecule has 4 rings (SSSR count). The van der Waals surface area contributed by atoms with Gasteiger partial charge in [0.2, 0.25) is 5.82 Å². The number of carbonyl (C=O) groups excluding carboxylic acids is 2. The molecule has 2 aliphatic rings. The second kappa shape index (κ2) is 11.0. The number of carboxylic acid groups (broad SMARTS) is 1. The minimum atomic E-state index is -1.37. The minimum Gasteiger partial charge on any atom is -0.487 e. The van der Waals surface area contributed by atoms with Gasteiger partial charge in [-0.25, -0.2) is 8.78 Å². The molecule has 0 spiro atoms. The Morgan fingerprint density at radius 1 is 0.833 bits per heavy atom. The van der Waals surface area contributed by atoms with Crippen molar-refractivity contribution in [1.82, 2.24) is 10.6 Å². The summed E-state index contributed by atoms with van der Waals surface area (Å²) in [6.07, 6.45) is 3.17. The molecule has 36 heavy (non-hydrogen) atoms. The average Bonchev–Trinajstić information content (AvgIpc) is 3.70. The molecule has 192 valence electrons. The number of hydrogen-bond donors (Lipinski definition) is 3. The van der Waals surface area contributed by atoms with Gasteiger partial charge in [-0.15, -0.1) is 0 Å². The maximum Gasteiger partial charge on any atom is 0.306 e. The van der Waals surface area contributed by atoms with Gasteiger partial charge in [-0.05, 0) is 74.3 Å². The van der Waals surface area contributed by atoms with E-state index in [2.05, 4.69) is 10.6 Å². The lowest BCUT2D eigenvalue weighted by atomic mass is 9.87. The van der Waals surface area contributed by atoms with Gasteiger partial charge in [0.05, 0.1) is 23.1 Å². The van der Waals surface area contributed by atoms with Crippen LogP contribution in [0.4, 0.5) is 13.2 Å². The van der Waals surface area contributed by atoms with Gasteiger partial charge in [0.15, 0.2) is 11.6 Å². The second-order valence-corrected chi connectivity index (χ2v) is 9.19. The van der Waals surface area contributed by atoms with Gasteiger partial charge in [0, 0.05) is 13.1 Å². The number of amides is 2. The quantitative estimate of drug-likeness (QED) is 0.445. The van der Waals surface area contributed by atoms with E-state index in [4.69, 9.17) is 9.84 Å². The van der Waals surface area contributed by atoms with Crippen LogP contribution in [0.5, 0.6) is 5.75 Å². The van der Waals surface area contributed by atoms with Gasteiger partial charge in [0.25, 0.3) is 11.8 Å². The van der Waals surface area contributed by atoms with E-state index >= 15 is 0 Å². The zero-order valence-corrected chi connectivity index (χ0v) is 19.5. The van der Waals surface area contributed by atoms with E-state index in [0.717, 1.165) is 30.5 Å². The highest BCUT2D eigenvalue weighted by molar-refractivity contribution is 5.95. The van der Waals surface area contributed by atoms with Crippen molar-refractivity contribution in [2.45, 2.75) is 50.5 Å². The zero-order chi connectivity index (χ0) is 25.8. The number of halogens is 3. The standard InChI is InChI=1S/C26H27F3N2O5/c27-20-13-16(14-1-2-14)5-8-18(20)24(32)30-11-12-31-25(33)19-9-10-21(23(29)22(19)28)36-17-6-3-15(4-7-17)26(34)35/h5,8-10,13-15,17H,1-4,6-7,11-12H2,(H,30,32)(H,31,33)(H,34,35). The van der Waals surface area contributed by atoms with Crippen LogP contribution in [0.3, 0.4) is 0 Å². The lowest BCUT2D eigenvalue weighted by Gasteiger charge is -2.27. The number of carboxylic acids is 1. The Morgan fingerprint density at radius 3 is 2.03 bits per heavy atom. The fourth-order valence-corrected chi connectivity index (χ4v) is 4.33. The van der Waals surface area contributed by atoms with E-state index < -0.39 is 52.8 Å². The van der Waals surface area contributed by atoms with Crippen molar-refractivity contribution in [3.63, 3.8) is 0 Å². The molecule has 0 radical (unpaired) electrons. The molecule has 0 aliphatic heterocycles. The Kier molecular flexibility index (Phi) is 7.81. The molecule has 0 aromatic heterocycles. The Hall–Kier alpha value is -3.56. The van der Waals surface area contributed by atoms with E-state index in [-0.39, 0.29) is 24.4 Å². The number of aliphatic carboxylic acids is 1.